The Morgan fingerprint density at radius 2 is 0.875 bits per heavy atom. The van der Waals surface area contributed by atoms with Crippen LogP contribution in [0.4, 0.5) is 0 Å². The first-order valence-corrected chi connectivity index (χ1v) is 24.4. The van der Waals surface area contributed by atoms with Gasteiger partial charge in [0, 0.05) is 78.7 Å². The SMILES string of the molecule is c1ccc2c(c1)sc1cc(-n3c4ccccc4c4cc5c(cc43)-c3cc(-c4ccc6c(c4)c4ccccc4n6-c4ccc6sc7ccccc7c6c4)ccc3C53CCCCC3)ccc12. The first kappa shape index (κ1) is 35.5. The van der Waals surface area contributed by atoms with E-state index in [2.05, 4.69) is 191 Å². The highest BCUT2D eigenvalue weighted by Crippen LogP contribution is 2.58. The van der Waals surface area contributed by atoms with E-state index in [0.29, 0.717) is 0 Å². The molecule has 0 atom stereocenters. The molecule has 0 bridgehead atoms. The van der Waals surface area contributed by atoms with Crippen LogP contribution in [0.15, 0.2) is 182 Å². The van der Waals surface area contributed by atoms with E-state index in [-0.39, 0.29) is 5.41 Å². The standard InChI is InChI=1S/C60H40N2S2/c1-10-28-60(29-11-1)50-25-20-36(37-21-26-54-47(31-37)40-12-2-6-16-52(40)61(54)38-23-27-58-49(32-38)43-15-5-9-19-57(43)63-58)30-45(50)46-35-55-48(34-51(46)60)41-13-3-7-17-53(41)62(55)39-22-24-44-42-14-4-8-18-56(42)64-59(44)33-39/h2-9,12-27,30-35H,1,10-11,28-29H2. The van der Waals surface area contributed by atoms with Crippen LogP contribution < -0.4 is 0 Å². The van der Waals surface area contributed by atoms with E-state index in [0.717, 1.165) is 0 Å². The summed E-state index contributed by atoms with van der Waals surface area (Å²) in [6.07, 6.45) is 6.27. The fourth-order valence-corrected chi connectivity index (χ4v) is 14.5. The summed E-state index contributed by atoms with van der Waals surface area (Å²) in [6.45, 7) is 0. The molecule has 2 aliphatic rings. The maximum Gasteiger partial charge on any atom is 0.0547 e. The molecular weight excluding hydrogens is 813 g/mol. The highest BCUT2D eigenvalue weighted by atomic mass is 32.1. The fraction of sp³-hybridized carbons (Fsp3) is 0.100. The summed E-state index contributed by atoms with van der Waals surface area (Å²) in [5, 5.41) is 10.6. The van der Waals surface area contributed by atoms with Gasteiger partial charge in [-0.15, -0.1) is 22.7 Å². The van der Waals surface area contributed by atoms with Crippen molar-refractivity contribution in [2.75, 3.05) is 0 Å². The first-order valence-electron chi connectivity index (χ1n) is 22.8. The lowest BCUT2D eigenvalue weighted by Gasteiger charge is -2.36. The van der Waals surface area contributed by atoms with Crippen LogP contribution in [0.5, 0.6) is 0 Å². The molecule has 2 aliphatic carbocycles. The van der Waals surface area contributed by atoms with E-state index < -0.39 is 0 Å². The number of thiophene rings is 2. The van der Waals surface area contributed by atoms with Crippen LogP contribution in [-0.2, 0) is 5.41 Å². The van der Waals surface area contributed by atoms with E-state index in [1.807, 2.05) is 22.7 Å². The van der Waals surface area contributed by atoms with Gasteiger partial charge in [-0.1, -0.05) is 116 Å². The van der Waals surface area contributed by atoms with Gasteiger partial charge >= 0.3 is 0 Å². The fourth-order valence-electron chi connectivity index (χ4n) is 12.3. The van der Waals surface area contributed by atoms with Crippen LogP contribution in [0.2, 0.25) is 0 Å². The van der Waals surface area contributed by atoms with Gasteiger partial charge in [0.15, 0.2) is 0 Å². The first-order chi connectivity index (χ1) is 31.7. The summed E-state index contributed by atoms with van der Waals surface area (Å²) in [5.41, 5.74) is 15.9. The molecular formula is C60H40N2S2. The Kier molecular flexibility index (Phi) is 7.23. The quantitative estimate of drug-likeness (QED) is 0.168. The average molecular weight is 853 g/mol. The van der Waals surface area contributed by atoms with Crippen molar-refractivity contribution in [1.82, 2.24) is 9.13 Å². The lowest BCUT2D eigenvalue weighted by atomic mass is 9.67. The molecule has 302 valence electrons. The minimum absolute atomic E-state index is 0.0427. The number of benzene rings is 9. The van der Waals surface area contributed by atoms with E-state index in [9.17, 15) is 0 Å². The maximum atomic E-state index is 2.61. The van der Waals surface area contributed by atoms with Gasteiger partial charge in [-0.3, -0.25) is 0 Å². The molecule has 0 N–H and O–H groups in total. The zero-order valence-electron chi connectivity index (χ0n) is 35.1. The van der Waals surface area contributed by atoms with Gasteiger partial charge in [0.25, 0.3) is 0 Å². The zero-order valence-corrected chi connectivity index (χ0v) is 36.7. The predicted octanol–water partition coefficient (Wildman–Crippen LogP) is 17.5. The molecule has 4 aromatic heterocycles. The molecule has 64 heavy (non-hydrogen) atoms. The Labute approximate surface area is 377 Å². The van der Waals surface area contributed by atoms with Gasteiger partial charge in [-0.05, 0) is 131 Å². The van der Waals surface area contributed by atoms with Gasteiger partial charge in [0.1, 0.15) is 0 Å². The van der Waals surface area contributed by atoms with Crippen molar-refractivity contribution < 1.29 is 0 Å². The molecule has 1 spiro atoms. The topological polar surface area (TPSA) is 9.86 Å². The van der Waals surface area contributed by atoms with Crippen molar-refractivity contribution in [3.8, 4) is 33.6 Å². The van der Waals surface area contributed by atoms with Crippen LogP contribution >= 0.6 is 22.7 Å². The molecule has 0 saturated heterocycles. The summed E-state index contributed by atoms with van der Waals surface area (Å²) in [5.74, 6) is 0. The van der Waals surface area contributed by atoms with Crippen molar-refractivity contribution in [2.45, 2.75) is 37.5 Å². The zero-order chi connectivity index (χ0) is 41.7. The van der Waals surface area contributed by atoms with Gasteiger partial charge in [-0.25, -0.2) is 0 Å². The number of nitrogens with zero attached hydrogens (tertiary/aromatic N) is 2. The molecule has 0 radical (unpaired) electrons. The average Bonchev–Trinajstić information content (AvgIpc) is 4.14. The number of fused-ring (bicyclic) bond motifs is 17. The largest absolute Gasteiger partial charge is 0.309 e. The number of hydrogen-bond acceptors (Lipinski definition) is 2. The highest BCUT2D eigenvalue weighted by molar-refractivity contribution is 7.26. The normalized spacial score (nSPS) is 14.7. The maximum absolute atomic E-state index is 2.61. The molecule has 15 rings (SSSR count). The van der Waals surface area contributed by atoms with Crippen LogP contribution in [-0.4, -0.2) is 9.13 Å². The van der Waals surface area contributed by atoms with Crippen molar-refractivity contribution in [3.63, 3.8) is 0 Å². The van der Waals surface area contributed by atoms with Gasteiger partial charge < -0.3 is 9.13 Å². The Morgan fingerprint density at radius 1 is 0.328 bits per heavy atom. The second-order valence-electron chi connectivity index (χ2n) is 18.3. The molecule has 9 aromatic carbocycles. The molecule has 1 fully saturated rings. The van der Waals surface area contributed by atoms with Crippen molar-refractivity contribution >= 4 is 107 Å². The van der Waals surface area contributed by atoms with Gasteiger partial charge in [0.2, 0.25) is 0 Å². The predicted molar refractivity (Wildman–Crippen MR) is 276 cm³/mol. The van der Waals surface area contributed by atoms with E-state index in [1.165, 1.54) is 161 Å². The van der Waals surface area contributed by atoms with E-state index >= 15 is 0 Å². The molecule has 0 unspecified atom stereocenters. The third-order valence-electron chi connectivity index (χ3n) is 15.1. The monoisotopic (exact) mass is 852 g/mol. The van der Waals surface area contributed by atoms with E-state index in [1.54, 1.807) is 0 Å². The van der Waals surface area contributed by atoms with E-state index in [4.69, 9.17) is 0 Å². The Morgan fingerprint density at radius 3 is 1.66 bits per heavy atom. The van der Waals surface area contributed by atoms with Crippen LogP contribution in [0.25, 0.3) is 118 Å². The molecule has 1 saturated carbocycles. The molecule has 2 nitrogen and oxygen atoms in total. The summed E-state index contributed by atoms with van der Waals surface area (Å²) >= 11 is 3.77. The minimum Gasteiger partial charge on any atom is -0.309 e. The molecule has 0 aliphatic heterocycles. The second kappa shape index (κ2) is 13.0. The molecule has 13 aromatic rings. The van der Waals surface area contributed by atoms with Crippen molar-refractivity contribution in [3.05, 3.63) is 193 Å². The van der Waals surface area contributed by atoms with Crippen LogP contribution in [0, 0.1) is 0 Å². The number of para-hydroxylation sites is 2. The highest BCUT2D eigenvalue weighted by Gasteiger charge is 2.44. The smallest absolute Gasteiger partial charge is 0.0547 e. The van der Waals surface area contributed by atoms with Crippen molar-refractivity contribution in [1.29, 1.82) is 0 Å². The molecule has 0 amide bonds. The van der Waals surface area contributed by atoms with Crippen LogP contribution in [0.1, 0.15) is 43.2 Å². The number of rotatable bonds is 3. The summed E-state index contributed by atoms with van der Waals surface area (Å²) < 4.78 is 10.3. The number of aromatic nitrogens is 2. The summed E-state index contributed by atoms with van der Waals surface area (Å²) in [6, 6.07) is 69.5. The Bertz CT molecular complexity index is 4130. The molecule has 4 heterocycles. The second-order valence-corrected chi connectivity index (χ2v) is 20.5. The van der Waals surface area contributed by atoms with Crippen molar-refractivity contribution in [2.24, 2.45) is 0 Å². The van der Waals surface area contributed by atoms with Gasteiger partial charge in [0.05, 0.1) is 22.1 Å². The lowest BCUT2D eigenvalue weighted by Crippen LogP contribution is -2.28. The number of hydrogen-bond donors (Lipinski definition) is 0. The third kappa shape index (κ3) is 4.79. The lowest BCUT2D eigenvalue weighted by molar-refractivity contribution is 0.353. The Balaban J connectivity index is 0.919. The molecule has 4 heteroatoms. The minimum atomic E-state index is 0.0427. The summed E-state index contributed by atoms with van der Waals surface area (Å²) in [7, 11) is 0. The summed E-state index contributed by atoms with van der Waals surface area (Å²) in [4.78, 5) is 0. The van der Waals surface area contributed by atoms with Gasteiger partial charge in [-0.2, -0.15) is 0 Å². The Hall–Kier alpha value is -6.98. The van der Waals surface area contributed by atoms with Crippen LogP contribution in [0.3, 0.4) is 0 Å². The third-order valence-corrected chi connectivity index (χ3v) is 17.4.